The van der Waals surface area contributed by atoms with Gasteiger partial charge in [0.1, 0.15) is 11.9 Å². The summed E-state index contributed by atoms with van der Waals surface area (Å²) in [6.45, 7) is 2.99. The molecule has 1 aromatic heterocycles. The average molecular weight is 368 g/mol. The van der Waals surface area contributed by atoms with Crippen molar-refractivity contribution in [2.24, 2.45) is 5.92 Å². The van der Waals surface area contributed by atoms with E-state index in [1.807, 2.05) is 24.4 Å². The number of nitrogens with zero attached hydrogens (tertiary/aromatic N) is 2. The van der Waals surface area contributed by atoms with Crippen molar-refractivity contribution in [1.29, 1.82) is 0 Å². The van der Waals surface area contributed by atoms with Crippen LogP contribution in [0.25, 0.3) is 0 Å². The molecule has 2 N–H and O–H groups in total. The van der Waals surface area contributed by atoms with Crippen LogP contribution in [-0.4, -0.2) is 34.0 Å². The summed E-state index contributed by atoms with van der Waals surface area (Å²) < 4.78 is 2.09. The number of carbonyl (C=O) groups excluding carboxylic acids is 2. The number of imidazole rings is 1. The number of rotatable bonds is 8. The van der Waals surface area contributed by atoms with Crippen LogP contribution >= 0.6 is 0 Å². The van der Waals surface area contributed by atoms with Gasteiger partial charge in [-0.25, -0.2) is 4.98 Å². The minimum atomic E-state index is -0.512. The molecule has 3 rings (SSSR count). The van der Waals surface area contributed by atoms with E-state index in [2.05, 4.69) is 32.3 Å². The zero-order valence-electron chi connectivity index (χ0n) is 15.9. The van der Waals surface area contributed by atoms with Crippen molar-refractivity contribution >= 4 is 11.8 Å². The van der Waals surface area contributed by atoms with Crippen LogP contribution in [-0.2, 0) is 22.6 Å². The second-order valence-corrected chi connectivity index (χ2v) is 7.21. The standard InChI is InChI=1S/C21H28N4O2/c1-16(24-21(27)18-9-5-6-10-18)20(26)23-12-11-19-22-13-14-25(19)15-17-7-3-2-4-8-17/h2-4,7-8,13-14,16,18H,5-6,9-12,15H2,1H3,(H,23,26)(H,24,27)/t16-/m1/s1. The van der Waals surface area contributed by atoms with E-state index in [1.54, 1.807) is 13.1 Å². The molecule has 0 aliphatic heterocycles. The molecule has 0 spiro atoms. The molecule has 0 radical (unpaired) electrons. The van der Waals surface area contributed by atoms with Crippen LogP contribution in [0.2, 0.25) is 0 Å². The van der Waals surface area contributed by atoms with E-state index in [0.717, 1.165) is 38.1 Å². The van der Waals surface area contributed by atoms with Crippen LogP contribution in [0.15, 0.2) is 42.7 Å². The molecular weight excluding hydrogens is 340 g/mol. The molecule has 1 heterocycles. The summed E-state index contributed by atoms with van der Waals surface area (Å²) in [4.78, 5) is 28.8. The van der Waals surface area contributed by atoms with Crippen LogP contribution in [0.1, 0.15) is 44.0 Å². The lowest BCUT2D eigenvalue weighted by Crippen LogP contribution is -2.46. The maximum atomic E-state index is 12.2. The highest BCUT2D eigenvalue weighted by molar-refractivity contribution is 5.88. The molecule has 2 aromatic rings. The fourth-order valence-corrected chi connectivity index (χ4v) is 3.53. The first kappa shape index (κ1) is 19.1. The first-order valence-electron chi connectivity index (χ1n) is 9.75. The Morgan fingerprint density at radius 1 is 1.22 bits per heavy atom. The van der Waals surface area contributed by atoms with Crippen molar-refractivity contribution in [2.45, 2.75) is 51.6 Å². The number of benzene rings is 1. The second kappa shape index (κ2) is 9.35. The van der Waals surface area contributed by atoms with Gasteiger partial charge in [-0.3, -0.25) is 9.59 Å². The van der Waals surface area contributed by atoms with E-state index in [1.165, 1.54) is 5.56 Å². The van der Waals surface area contributed by atoms with Gasteiger partial charge in [0.25, 0.3) is 0 Å². The van der Waals surface area contributed by atoms with Crippen molar-refractivity contribution in [3.05, 3.63) is 54.1 Å². The van der Waals surface area contributed by atoms with Gasteiger partial charge in [-0.05, 0) is 25.3 Å². The Bertz CT molecular complexity index is 751. The molecule has 0 bridgehead atoms. The number of amides is 2. The third kappa shape index (κ3) is 5.42. The van der Waals surface area contributed by atoms with E-state index < -0.39 is 6.04 Å². The lowest BCUT2D eigenvalue weighted by atomic mass is 10.1. The Morgan fingerprint density at radius 2 is 1.96 bits per heavy atom. The average Bonchev–Trinajstić information content (AvgIpc) is 3.35. The zero-order chi connectivity index (χ0) is 19.1. The molecule has 6 heteroatoms. The van der Waals surface area contributed by atoms with Gasteiger partial charge < -0.3 is 15.2 Å². The predicted molar refractivity (Wildman–Crippen MR) is 104 cm³/mol. The molecule has 6 nitrogen and oxygen atoms in total. The molecule has 0 saturated heterocycles. The third-order valence-electron chi connectivity index (χ3n) is 5.12. The van der Waals surface area contributed by atoms with Crippen molar-refractivity contribution in [2.75, 3.05) is 6.54 Å². The fourth-order valence-electron chi connectivity index (χ4n) is 3.53. The number of carbonyl (C=O) groups is 2. The number of nitrogens with one attached hydrogen (secondary N) is 2. The lowest BCUT2D eigenvalue weighted by Gasteiger charge is -2.17. The molecule has 1 atom stereocenters. The van der Waals surface area contributed by atoms with Gasteiger partial charge in [-0.15, -0.1) is 0 Å². The maximum absolute atomic E-state index is 12.2. The summed E-state index contributed by atoms with van der Waals surface area (Å²) >= 11 is 0. The monoisotopic (exact) mass is 368 g/mol. The third-order valence-corrected chi connectivity index (χ3v) is 5.12. The smallest absolute Gasteiger partial charge is 0.242 e. The fraction of sp³-hybridized carbons (Fsp3) is 0.476. The molecule has 1 aliphatic carbocycles. The van der Waals surface area contributed by atoms with Gasteiger partial charge in [-0.1, -0.05) is 43.2 Å². The first-order valence-corrected chi connectivity index (χ1v) is 9.75. The molecule has 1 saturated carbocycles. The normalized spacial score (nSPS) is 15.4. The van der Waals surface area contributed by atoms with Gasteiger partial charge in [0.05, 0.1) is 0 Å². The SMILES string of the molecule is C[C@@H](NC(=O)C1CCCC1)C(=O)NCCc1nccn1Cc1ccccc1. The number of hydrogen-bond acceptors (Lipinski definition) is 3. The van der Waals surface area contributed by atoms with Crippen LogP contribution in [0.3, 0.4) is 0 Å². The highest BCUT2D eigenvalue weighted by Crippen LogP contribution is 2.24. The van der Waals surface area contributed by atoms with E-state index in [9.17, 15) is 9.59 Å². The van der Waals surface area contributed by atoms with Crippen LogP contribution < -0.4 is 10.6 Å². The first-order chi connectivity index (χ1) is 13.1. The summed E-state index contributed by atoms with van der Waals surface area (Å²) in [5.41, 5.74) is 1.21. The predicted octanol–water partition coefficient (Wildman–Crippen LogP) is 2.29. The van der Waals surface area contributed by atoms with Crippen molar-refractivity contribution in [3.8, 4) is 0 Å². The Hall–Kier alpha value is -2.63. The summed E-state index contributed by atoms with van der Waals surface area (Å²) in [7, 11) is 0. The minimum Gasteiger partial charge on any atom is -0.354 e. The molecular formula is C21H28N4O2. The maximum Gasteiger partial charge on any atom is 0.242 e. The van der Waals surface area contributed by atoms with Crippen molar-refractivity contribution in [3.63, 3.8) is 0 Å². The quantitative estimate of drug-likeness (QED) is 0.751. The zero-order valence-corrected chi connectivity index (χ0v) is 15.9. The molecule has 1 fully saturated rings. The summed E-state index contributed by atoms with van der Waals surface area (Å²) in [6.07, 6.45) is 8.46. The highest BCUT2D eigenvalue weighted by atomic mass is 16.2. The molecule has 27 heavy (non-hydrogen) atoms. The number of aromatic nitrogens is 2. The Morgan fingerprint density at radius 3 is 2.70 bits per heavy atom. The van der Waals surface area contributed by atoms with Gasteiger partial charge in [0.15, 0.2) is 0 Å². The lowest BCUT2D eigenvalue weighted by molar-refractivity contribution is -0.130. The van der Waals surface area contributed by atoms with E-state index in [4.69, 9.17) is 0 Å². The Kier molecular flexibility index (Phi) is 6.63. The van der Waals surface area contributed by atoms with E-state index in [-0.39, 0.29) is 17.7 Å². The van der Waals surface area contributed by atoms with E-state index >= 15 is 0 Å². The van der Waals surface area contributed by atoms with Gasteiger partial charge in [0, 0.05) is 37.8 Å². The Labute approximate surface area is 160 Å². The summed E-state index contributed by atoms with van der Waals surface area (Å²) in [5.74, 6) is 0.864. The molecule has 2 amide bonds. The van der Waals surface area contributed by atoms with Gasteiger partial charge in [0.2, 0.25) is 11.8 Å². The molecule has 0 unspecified atom stereocenters. The summed E-state index contributed by atoms with van der Waals surface area (Å²) in [6, 6.07) is 9.70. The summed E-state index contributed by atoms with van der Waals surface area (Å²) in [5, 5.41) is 5.74. The van der Waals surface area contributed by atoms with Crippen LogP contribution in [0.4, 0.5) is 0 Å². The Balaban J connectivity index is 1.43. The van der Waals surface area contributed by atoms with Crippen molar-refractivity contribution < 1.29 is 9.59 Å². The van der Waals surface area contributed by atoms with E-state index in [0.29, 0.717) is 13.0 Å². The van der Waals surface area contributed by atoms with Crippen molar-refractivity contribution in [1.82, 2.24) is 20.2 Å². The molecule has 144 valence electrons. The molecule has 1 aromatic carbocycles. The van der Waals surface area contributed by atoms with Crippen LogP contribution in [0.5, 0.6) is 0 Å². The molecule has 1 aliphatic rings. The topological polar surface area (TPSA) is 76.0 Å². The van der Waals surface area contributed by atoms with Crippen LogP contribution in [0, 0.1) is 5.92 Å². The number of hydrogen-bond donors (Lipinski definition) is 2. The van der Waals surface area contributed by atoms with Gasteiger partial charge in [-0.2, -0.15) is 0 Å². The second-order valence-electron chi connectivity index (χ2n) is 7.21. The van der Waals surface area contributed by atoms with Gasteiger partial charge >= 0.3 is 0 Å². The largest absolute Gasteiger partial charge is 0.354 e. The minimum absolute atomic E-state index is 0.00792. The highest BCUT2D eigenvalue weighted by Gasteiger charge is 2.25.